The Balaban J connectivity index is 2.56. The molecule has 3 N–H and O–H groups in total. The van der Waals surface area contributed by atoms with E-state index in [1.54, 1.807) is 12.1 Å². The normalized spacial score (nSPS) is 10.2. The molecule has 0 aliphatic rings. The van der Waals surface area contributed by atoms with Crippen LogP contribution in [0.5, 0.6) is 5.75 Å². The van der Waals surface area contributed by atoms with Gasteiger partial charge in [-0.25, -0.2) is 0 Å². The molecular formula is C10H12F2N2O2. The van der Waals surface area contributed by atoms with E-state index in [9.17, 15) is 13.6 Å². The highest BCUT2D eigenvalue weighted by molar-refractivity contribution is 5.77. The van der Waals surface area contributed by atoms with Crippen molar-refractivity contribution in [3.8, 4) is 5.75 Å². The quantitative estimate of drug-likeness (QED) is 0.788. The van der Waals surface area contributed by atoms with Gasteiger partial charge in [0.1, 0.15) is 5.75 Å². The summed E-state index contributed by atoms with van der Waals surface area (Å²) in [5, 5.41) is 2.52. The predicted molar refractivity (Wildman–Crippen MR) is 54.0 cm³/mol. The maximum atomic E-state index is 11.9. The van der Waals surface area contributed by atoms with E-state index in [-0.39, 0.29) is 24.7 Å². The van der Waals surface area contributed by atoms with Gasteiger partial charge in [0.05, 0.1) is 6.54 Å². The summed E-state index contributed by atoms with van der Waals surface area (Å²) in [5.41, 5.74) is 5.76. The Bertz CT molecular complexity index is 358. The number of hydrogen-bond acceptors (Lipinski definition) is 3. The molecule has 1 aromatic rings. The monoisotopic (exact) mass is 230 g/mol. The Hall–Kier alpha value is -1.69. The molecule has 0 saturated carbocycles. The maximum Gasteiger partial charge on any atom is 0.387 e. The highest BCUT2D eigenvalue weighted by Crippen LogP contribution is 2.15. The highest BCUT2D eigenvalue weighted by Gasteiger charge is 2.05. The van der Waals surface area contributed by atoms with Gasteiger partial charge in [0.2, 0.25) is 5.91 Å². The molecule has 0 aromatic heterocycles. The first-order valence-electron chi connectivity index (χ1n) is 4.62. The van der Waals surface area contributed by atoms with Crippen LogP contribution in [0.15, 0.2) is 24.3 Å². The number of halogens is 2. The van der Waals surface area contributed by atoms with Crippen molar-refractivity contribution < 1.29 is 18.3 Å². The number of rotatable bonds is 5. The summed E-state index contributed by atoms with van der Waals surface area (Å²) < 4.78 is 28.0. The Kier molecular flexibility index (Phi) is 4.65. The Labute approximate surface area is 91.4 Å². The number of ether oxygens (including phenoxy) is 1. The fourth-order valence-electron chi connectivity index (χ4n) is 1.10. The van der Waals surface area contributed by atoms with E-state index >= 15 is 0 Å². The van der Waals surface area contributed by atoms with Gasteiger partial charge in [-0.1, -0.05) is 12.1 Å². The van der Waals surface area contributed by atoms with Gasteiger partial charge in [-0.05, 0) is 17.7 Å². The molecule has 6 heteroatoms. The average Bonchev–Trinajstić information content (AvgIpc) is 2.25. The number of alkyl halides is 2. The lowest BCUT2D eigenvalue weighted by Crippen LogP contribution is -2.29. The van der Waals surface area contributed by atoms with Crippen LogP contribution < -0.4 is 15.8 Å². The van der Waals surface area contributed by atoms with Crippen LogP contribution in [0.1, 0.15) is 5.56 Å². The van der Waals surface area contributed by atoms with Gasteiger partial charge in [-0.2, -0.15) is 8.78 Å². The molecule has 1 amide bonds. The smallest absolute Gasteiger partial charge is 0.387 e. The van der Waals surface area contributed by atoms with Crippen LogP contribution in [0.25, 0.3) is 0 Å². The average molecular weight is 230 g/mol. The molecule has 0 aliphatic heterocycles. The number of carbonyl (C=O) groups is 1. The minimum Gasteiger partial charge on any atom is -0.435 e. The van der Waals surface area contributed by atoms with Crippen molar-refractivity contribution in [2.24, 2.45) is 5.73 Å². The van der Waals surface area contributed by atoms with Crippen molar-refractivity contribution in [3.05, 3.63) is 29.8 Å². The van der Waals surface area contributed by atoms with Crippen LogP contribution in [-0.2, 0) is 11.3 Å². The third kappa shape index (κ3) is 4.22. The molecule has 0 bridgehead atoms. The second kappa shape index (κ2) is 6.02. The minimum absolute atomic E-state index is 0.0643. The maximum absolute atomic E-state index is 11.9. The number of nitrogens with one attached hydrogen (secondary N) is 1. The molecule has 0 heterocycles. The van der Waals surface area contributed by atoms with Crippen molar-refractivity contribution in [2.45, 2.75) is 13.2 Å². The minimum atomic E-state index is -2.85. The Morgan fingerprint density at radius 3 is 2.88 bits per heavy atom. The summed E-state index contributed by atoms with van der Waals surface area (Å²) in [5.74, 6) is -0.241. The zero-order valence-electron chi connectivity index (χ0n) is 8.45. The van der Waals surface area contributed by atoms with Gasteiger partial charge < -0.3 is 15.8 Å². The molecule has 1 aromatic carbocycles. The van der Waals surface area contributed by atoms with E-state index in [4.69, 9.17) is 5.73 Å². The lowest BCUT2D eigenvalue weighted by Gasteiger charge is -2.07. The number of benzene rings is 1. The summed E-state index contributed by atoms with van der Waals surface area (Å²) >= 11 is 0. The van der Waals surface area contributed by atoms with Crippen LogP contribution in [-0.4, -0.2) is 19.1 Å². The van der Waals surface area contributed by atoms with Gasteiger partial charge in [0.15, 0.2) is 0 Å². The fourth-order valence-corrected chi connectivity index (χ4v) is 1.10. The van der Waals surface area contributed by atoms with Crippen LogP contribution in [0, 0.1) is 0 Å². The summed E-state index contributed by atoms with van der Waals surface area (Å²) in [6.45, 7) is -2.72. The molecule has 16 heavy (non-hydrogen) atoms. The zero-order chi connectivity index (χ0) is 12.0. The van der Waals surface area contributed by atoms with Crippen LogP contribution in [0.3, 0.4) is 0 Å². The highest BCUT2D eigenvalue weighted by atomic mass is 19.3. The molecule has 0 aliphatic carbocycles. The number of carbonyl (C=O) groups excluding carboxylic acids is 1. The van der Waals surface area contributed by atoms with Crippen molar-refractivity contribution in [2.75, 3.05) is 6.54 Å². The van der Waals surface area contributed by atoms with Gasteiger partial charge in [0.25, 0.3) is 0 Å². The van der Waals surface area contributed by atoms with Crippen LogP contribution in [0.4, 0.5) is 8.78 Å². The van der Waals surface area contributed by atoms with E-state index in [0.29, 0.717) is 5.56 Å². The number of amides is 1. The van der Waals surface area contributed by atoms with Crippen LogP contribution in [0.2, 0.25) is 0 Å². The second-order valence-corrected chi connectivity index (χ2v) is 3.01. The van der Waals surface area contributed by atoms with Crippen molar-refractivity contribution >= 4 is 5.91 Å². The van der Waals surface area contributed by atoms with Crippen LogP contribution >= 0.6 is 0 Å². The standard InChI is InChI=1S/C10H12F2N2O2/c11-10(12)16-8-3-1-2-7(4-8)6-14-9(15)5-13/h1-4,10H,5-6,13H2,(H,14,15). The molecule has 0 fully saturated rings. The zero-order valence-corrected chi connectivity index (χ0v) is 8.45. The van der Waals surface area contributed by atoms with Gasteiger partial charge in [-0.15, -0.1) is 0 Å². The Morgan fingerprint density at radius 2 is 2.25 bits per heavy atom. The first-order chi connectivity index (χ1) is 7.61. The number of hydrogen-bond donors (Lipinski definition) is 2. The topological polar surface area (TPSA) is 64.4 Å². The van der Waals surface area contributed by atoms with E-state index < -0.39 is 6.61 Å². The Morgan fingerprint density at radius 1 is 1.50 bits per heavy atom. The first kappa shape index (κ1) is 12.4. The third-order valence-corrected chi connectivity index (χ3v) is 1.80. The number of nitrogens with two attached hydrogens (primary N) is 1. The van der Waals surface area contributed by atoms with Gasteiger partial charge in [-0.3, -0.25) is 4.79 Å². The predicted octanol–water partition coefficient (Wildman–Crippen LogP) is 0.863. The lowest BCUT2D eigenvalue weighted by atomic mass is 10.2. The largest absolute Gasteiger partial charge is 0.435 e. The summed E-state index contributed by atoms with van der Waals surface area (Å²) in [4.78, 5) is 10.9. The van der Waals surface area contributed by atoms with Crippen molar-refractivity contribution in [1.82, 2.24) is 5.32 Å². The molecule has 88 valence electrons. The third-order valence-electron chi connectivity index (χ3n) is 1.80. The molecule has 0 unspecified atom stereocenters. The van der Waals surface area contributed by atoms with Crippen molar-refractivity contribution in [1.29, 1.82) is 0 Å². The molecule has 1 rings (SSSR count). The summed E-state index contributed by atoms with van der Waals surface area (Å²) in [6.07, 6.45) is 0. The van der Waals surface area contributed by atoms with E-state index in [0.717, 1.165) is 0 Å². The molecule has 0 saturated heterocycles. The van der Waals surface area contributed by atoms with E-state index in [1.165, 1.54) is 12.1 Å². The van der Waals surface area contributed by atoms with Gasteiger partial charge in [0, 0.05) is 6.54 Å². The molecular weight excluding hydrogens is 218 g/mol. The fraction of sp³-hybridized carbons (Fsp3) is 0.300. The van der Waals surface area contributed by atoms with E-state index in [2.05, 4.69) is 10.1 Å². The molecule has 0 radical (unpaired) electrons. The van der Waals surface area contributed by atoms with Crippen molar-refractivity contribution in [3.63, 3.8) is 0 Å². The second-order valence-electron chi connectivity index (χ2n) is 3.01. The molecule has 0 atom stereocenters. The SMILES string of the molecule is NCC(=O)NCc1cccc(OC(F)F)c1. The molecule has 0 spiro atoms. The summed E-state index contributed by atoms with van der Waals surface area (Å²) in [7, 11) is 0. The lowest BCUT2D eigenvalue weighted by molar-refractivity contribution is -0.119. The summed E-state index contributed by atoms with van der Waals surface area (Å²) in [6, 6.07) is 6.11. The van der Waals surface area contributed by atoms with Gasteiger partial charge >= 0.3 is 6.61 Å². The molecule has 4 nitrogen and oxygen atoms in total. The van der Waals surface area contributed by atoms with E-state index in [1.807, 2.05) is 0 Å². The first-order valence-corrected chi connectivity index (χ1v) is 4.62.